The van der Waals surface area contributed by atoms with E-state index in [1.807, 2.05) is 54.6 Å². The van der Waals surface area contributed by atoms with Crippen LogP contribution in [0.5, 0.6) is 0 Å². The molecule has 3 amide bonds. The van der Waals surface area contributed by atoms with Crippen molar-refractivity contribution in [3.05, 3.63) is 95.6 Å². The smallest absolute Gasteiger partial charge is 0.325 e. The highest BCUT2D eigenvalue weighted by Gasteiger charge is 2.21. The van der Waals surface area contributed by atoms with E-state index in [1.165, 1.54) is 6.07 Å². The van der Waals surface area contributed by atoms with Crippen LogP contribution in [0.25, 0.3) is 0 Å². The number of fused-ring (bicyclic) bond motifs is 1. The number of nitrogens with one attached hydrogen (secondary N) is 1. The quantitative estimate of drug-likeness (QED) is 0.473. The molecule has 34 heavy (non-hydrogen) atoms. The van der Waals surface area contributed by atoms with Gasteiger partial charge in [-0.05, 0) is 23.8 Å². The van der Waals surface area contributed by atoms with Gasteiger partial charge in [0.05, 0.1) is 11.4 Å². The highest BCUT2D eigenvalue weighted by atomic mass is 16.4. The number of carbonyl (C=O) groups excluding carboxylic acids is 2. The monoisotopic (exact) mass is 459 g/mol. The Morgan fingerprint density at radius 1 is 1.03 bits per heavy atom. The van der Waals surface area contributed by atoms with Crippen molar-refractivity contribution in [2.75, 3.05) is 23.8 Å². The number of likely N-dealkylation sites (N-methyl/N-ethyl adjacent to an activating group) is 1. The lowest BCUT2D eigenvalue weighted by molar-refractivity contribution is -0.138. The number of carbonyl (C=O) groups is 3. The van der Waals surface area contributed by atoms with Gasteiger partial charge in [-0.1, -0.05) is 60.7 Å². The highest BCUT2D eigenvalue weighted by molar-refractivity contribution is 6.19. The molecule has 3 aromatic rings. The Kier molecular flexibility index (Phi) is 7.73. The number of urea groups is 1. The van der Waals surface area contributed by atoms with Crippen molar-refractivity contribution in [2.24, 2.45) is 16.5 Å². The fourth-order valence-corrected chi connectivity index (χ4v) is 3.38. The Morgan fingerprint density at radius 2 is 1.71 bits per heavy atom. The maximum Gasteiger partial charge on any atom is 0.325 e. The number of aliphatic imine (C=N–C) groups is 1. The number of rotatable bonds is 4. The zero-order valence-electron chi connectivity index (χ0n) is 18.5. The molecule has 1 aliphatic heterocycles. The minimum atomic E-state index is -1.13. The number of hydrogen-bond acceptors (Lipinski definition) is 5. The summed E-state index contributed by atoms with van der Waals surface area (Å²) in [7, 11) is 1.80. The highest BCUT2D eigenvalue weighted by Crippen LogP contribution is 2.25. The maximum absolute atomic E-state index is 12.0. The van der Waals surface area contributed by atoms with Crippen molar-refractivity contribution >= 4 is 35.0 Å². The number of nitrogens with two attached hydrogens (primary N) is 2. The van der Waals surface area contributed by atoms with E-state index < -0.39 is 18.0 Å². The molecule has 9 nitrogen and oxygen atoms in total. The standard InChI is InChI=1S/C16H14N2O.C9H11N3O3/c1-18-14-10-6-5-9-13(14)16(17-11-15(18)19)12-7-3-2-4-8-12;10-7(8(13)14)5-2-1-3-6(4-5)12-9(11)15/h2-10H,11H2,1H3;1-4,7H,10H2,(H,13,14)(H3,11,12,15)/t;7-/m.1/s1. The van der Waals surface area contributed by atoms with E-state index in [1.54, 1.807) is 30.1 Å². The molecule has 4 rings (SSSR count). The normalized spacial score (nSPS) is 13.4. The number of benzene rings is 3. The first-order valence-corrected chi connectivity index (χ1v) is 10.4. The number of hydrogen-bond donors (Lipinski definition) is 4. The summed E-state index contributed by atoms with van der Waals surface area (Å²) < 4.78 is 0. The van der Waals surface area contributed by atoms with E-state index >= 15 is 0 Å². The average molecular weight is 460 g/mol. The average Bonchev–Trinajstić information content (AvgIpc) is 2.96. The second kappa shape index (κ2) is 10.9. The molecule has 0 fully saturated rings. The number of anilines is 2. The van der Waals surface area contributed by atoms with E-state index in [9.17, 15) is 14.4 Å². The van der Waals surface area contributed by atoms with Crippen LogP contribution in [-0.2, 0) is 9.59 Å². The van der Waals surface area contributed by atoms with Gasteiger partial charge in [0.25, 0.3) is 0 Å². The Hall–Kier alpha value is -4.50. The molecule has 0 unspecified atom stereocenters. The zero-order chi connectivity index (χ0) is 24.7. The number of aliphatic carboxylic acids is 1. The predicted octanol–water partition coefficient (Wildman–Crippen LogP) is 2.76. The first-order chi connectivity index (χ1) is 16.3. The van der Waals surface area contributed by atoms with Crippen LogP contribution in [0.15, 0.2) is 83.9 Å². The van der Waals surface area contributed by atoms with Gasteiger partial charge in [-0.25, -0.2) is 4.79 Å². The van der Waals surface area contributed by atoms with Crippen LogP contribution in [0.2, 0.25) is 0 Å². The molecule has 0 saturated heterocycles. The summed E-state index contributed by atoms with van der Waals surface area (Å²) >= 11 is 0. The lowest BCUT2D eigenvalue weighted by atomic mass is 10.0. The Labute approximate surface area is 196 Å². The molecule has 0 spiro atoms. The molecule has 174 valence electrons. The number of carboxylic acid groups (broad SMARTS) is 1. The minimum absolute atomic E-state index is 0.0124. The van der Waals surface area contributed by atoms with Crippen molar-refractivity contribution in [1.82, 2.24) is 0 Å². The number of para-hydroxylation sites is 1. The minimum Gasteiger partial charge on any atom is -0.480 e. The first kappa shape index (κ1) is 24.1. The number of primary amides is 1. The molecule has 3 aromatic carbocycles. The van der Waals surface area contributed by atoms with Crippen molar-refractivity contribution < 1.29 is 19.5 Å². The molecule has 1 atom stereocenters. The van der Waals surface area contributed by atoms with Gasteiger partial charge in [0.15, 0.2) is 0 Å². The molecule has 1 heterocycles. The molecule has 6 N–H and O–H groups in total. The summed E-state index contributed by atoms with van der Waals surface area (Å²) in [5.74, 6) is -1.12. The largest absolute Gasteiger partial charge is 0.480 e. The summed E-state index contributed by atoms with van der Waals surface area (Å²) in [6.45, 7) is 0.190. The van der Waals surface area contributed by atoms with E-state index in [4.69, 9.17) is 16.6 Å². The SMILES string of the molecule is CN1C(=O)CN=C(c2ccccc2)c2ccccc21.NC(=O)Nc1cccc([C@@H](N)C(=O)O)c1. The van der Waals surface area contributed by atoms with E-state index in [2.05, 4.69) is 10.3 Å². The number of nitrogens with zero attached hydrogens (tertiary/aromatic N) is 2. The van der Waals surface area contributed by atoms with Gasteiger partial charge in [0.1, 0.15) is 12.6 Å². The number of benzodiazepines with no additional fused rings is 1. The van der Waals surface area contributed by atoms with E-state index in [0.717, 1.165) is 22.5 Å². The molecule has 0 aliphatic carbocycles. The maximum atomic E-state index is 12.0. The van der Waals surface area contributed by atoms with Crippen molar-refractivity contribution in [3.8, 4) is 0 Å². The fraction of sp³-hybridized carbons (Fsp3) is 0.120. The Bertz CT molecular complexity index is 1230. The van der Waals surface area contributed by atoms with Gasteiger partial charge in [0, 0.05) is 23.9 Å². The van der Waals surface area contributed by atoms with Crippen molar-refractivity contribution in [1.29, 1.82) is 0 Å². The summed E-state index contributed by atoms with van der Waals surface area (Å²) in [6, 6.07) is 22.2. The van der Waals surface area contributed by atoms with Crippen molar-refractivity contribution in [3.63, 3.8) is 0 Å². The van der Waals surface area contributed by atoms with Crippen LogP contribution >= 0.6 is 0 Å². The van der Waals surface area contributed by atoms with Crippen LogP contribution < -0.4 is 21.7 Å². The third kappa shape index (κ3) is 5.84. The Morgan fingerprint density at radius 3 is 2.38 bits per heavy atom. The molecular formula is C25H25N5O4. The van der Waals surface area contributed by atoms with Crippen LogP contribution in [0.4, 0.5) is 16.2 Å². The summed E-state index contributed by atoms with van der Waals surface area (Å²) in [5, 5.41) is 11.0. The molecule has 0 bridgehead atoms. The van der Waals surface area contributed by atoms with Gasteiger partial charge in [0.2, 0.25) is 5.91 Å². The van der Waals surface area contributed by atoms with Gasteiger partial charge in [-0.3, -0.25) is 14.6 Å². The van der Waals surface area contributed by atoms with Crippen molar-refractivity contribution in [2.45, 2.75) is 6.04 Å². The molecule has 0 radical (unpaired) electrons. The Balaban J connectivity index is 0.000000197. The van der Waals surface area contributed by atoms with E-state index in [0.29, 0.717) is 11.3 Å². The van der Waals surface area contributed by atoms with Gasteiger partial charge in [-0.2, -0.15) is 0 Å². The summed E-state index contributed by atoms with van der Waals surface area (Å²) in [4.78, 5) is 39.3. The number of carboxylic acids is 1. The summed E-state index contributed by atoms with van der Waals surface area (Å²) in [6.07, 6.45) is 0. The third-order valence-electron chi connectivity index (χ3n) is 5.09. The van der Waals surface area contributed by atoms with E-state index in [-0.39, 0.29) is 12.5 Å². The van der Waals surface area contributed by atoms with Gasteiger partial charge in [-0.15, -0.1) is 0 Å². The second-order valence-electron chi connectivity index (χ2n) is 7.43. The lowest BCUT2D eigenvalue weighted by Crippen LogP contribution is -2.27. The van der Waals surface area contributed by atoms with Gasteiger partial charge < -0.3 is 26.8 Å². The fourth-order valence-electron chi connectivity index (χ4n) is 3.38. The lowest BCUT2D eigenvalue weighted by Gasteiger charge is -2.17. The first-order valence-electron chi connectivity index (χ1n) is 10.4. The second-order valence-corrected chi connectivity index (χ2v) is 7.43. The molecule has 0 aromatic heterocycles. The van der Waals surface area contributed by atoms with Crippen LogP contribution in [0.3, 0.4) is 0 Å². The molecule has 0 saturated carbocycles. The molecule has 1 aliphatic rings. The van der Waals surface area contributed by atoms with Crippen LogP contribution in [-0.4, -0.2) is 42.3 Å². The number of amides is 3. The summed E-state index contributed by atoms with van der Waals surface area (Å²) in [5.41, 5.74) is 15.0. The zero-order valence-corrected chi connectivity index (χ0v) is 18.5. The van der Waals surface area contributed by atoms with Crippen LogP contribution in [0, 0.1) is 0 Å². The third-order valence-corrected chi connectivity index (χ3v) is 5.09. The topological polar surface area (TPSA) is 151 Å². The molecule has 9 heteroatoms. The predicted molar refractivity (Wildman–Crippen MR) is 131 cm³/mol. The van der Waals surface area contributed by atoms with Gasteiger partial charge >= 0.3 is 12.0 Å². The van der Waals surface area contributed by atoms with Crippen LogP contribution in [0.1, 0.15) is 22.7 Å². The molecular weight excluding hydrogens is 434 g/mol.